The molecule has 0 aliphatic carbocycles. The van der Waals surface area contributed by atoms with Gasteiger partial charge in [0.1, 0.15) is 6.29 Å². The van der Waals surface area contributed by atoms with Crippen LogP contribution in [0.2, 0.25) is 0 Å². The molecule has 0 spiro atoms. The second-order valence-electron chi connectivity index (χ2n) is 8.21. The lowest BCUT2D eigenvalue weighted by Gasteiger charge is -2.45. The molecule has 1 amide bonds. The Labute approximate surface area is 194 Å². The Morgan fingerprint density at radius 1 is 1.06 bits per heavy atom. The molecule has 172 valence electrons. The van der Waals surface area contributed by atoms with Gasteiger partial charge in [-0.05, 0) is 41.5 Å². The summed E-state index contributed by atoms with van der Waals surface area (Å²) in [6.45, 7) is 0.913. The predicted octanol–water partition coefficient (Wildman–Crippen LogP) is 3.23. The monoisotopic (exact) mass is 465 g/mol. The third-order valence-electron chi connectivity index (χ3n) is 6.20. The molecule has 1 aliphatic rings. The van der Waals surface area contributed by atoms with E-state index in [1.165, 1.54) is 4.90 Å². The van der Waals surface area contributed by atoms with Crippen LogP contribution >= 0.6 is 0 Å². The van der Waals surface area contributed by atoms with Gasteiger partial charge in [0.25, 0.3) is 5.91 Å². The fourth-order valence-electron chi connectivity index (χ4n) is 4.48. The molecule has 1 atom stereocenters. The van der Waals surface area contributed by atoms with E-state index in [1.54, 1.807) is 49.5 Å². The van der Waals surface area contributed by atoms with Crippen LogP contribution in [0, 0.1) is 0 Å². The maximum atomic E-state index is 13.6. The molecule has 3 aromatic carbocycles. The summed E-state index contributed by atoms with van der Waals surface area (Å²) in [7, 11) is -2.38. The summed E-state index contributed by atoms with van der Waals surface area (Å²) >= 11 is 0. The lowest BCUT2D eigenvalue weighted by molar-refractivity contribution is -0.108. The van der Waals surface area contributed by atoms with Gasteiger partial charge >= 0.3 is 0 Å². The topological polar surface area (TPSA) is 86.8 Å². The van der Waals surface area contributed by atoms with Crippen molar-refractivity contribution in [3.05, 3.63) is 78.4 Å². The molecule has 1 fully saturated rings. The summed E-state index contributed by atoms with van der Waals surface area (Å²) in [5, 5.41) is 1.75. The molecule has 3 aromatic rings. The number of likely N-dealkylation sites (tertiary alicyclic amines) is 1. The molecule has 33 heavy (non-hydrogen) atoms. The van der Waals surface area contributed by atoms with E-state index in [9.17, 15) is 18.0 Å². The highest BCUT2D eigenvalue weighted by Gasteiger charge is 2.49. The minimum Gasteiger partial charge on any atom is -0.310 e. The number of rotatable bonds is 8. The molecule has 1 N–H and O–H groups in total. The Balaban J connectivity index is 1.74. The van der Waals surface area contributed by atoms with Gasteiger partial charge in [0, 0.05) is 38.5 Å². The number of amides is 1. The standard InChI is InChI=1S/C25H27N3O4S/c1-27(24(30)21-10-3-2-4-11-21)25(15-7-16-28(25)17-8-18-29)26-33(31,32)23-14-13-20-9-5-6-12-22(20)19-23/h2-6,9-14,18-19,26H,7-8,15-17H2,1H3. The van der Waals surface area contributed by atoms with E-state index in [0.717, 1.165) is 17.1 Å². The largest absolute Gasteiger partial charge is 0.310 e. The highest BCUT2D eigenvalue weighted by Crippen LogP contribution is 2.33. The van der Waals surface area contributed by atoms with Crippen LogP contribution in [-0.4, -0.2) is 56.3 Å². The Bertz CT molecular complexity index is 1260. The van der Waals surface area contributed by atoms with Crippen LogP contribution in [0.5, 0.6) is 0 Å². The van der Waals surface area contributed by atoms with Gasteiger partial charge in [-0.15, -0.1) is 0 Å². The van der Waals surface area contributed by atoms with Gasteiger partial charge in [-0.2, -0.15) is 4.72 Å². The van der Waals surface area contributed by atoms with Gasteiger partial charge in [-0.3, -0.25) is 9.69 Å². The Morgan fingerprint density at radius 2 is 1.76 bits per heavy atom. The summed E-state index contributed by atoms with van der Waals surface area (Å²) in [4.78, 5) is 27.9. The first kappa shape index (κ1) is 23.1. The molecule has 7 nitrogen and oxygen atoms in total. The van der Waals surface area contributed by atoms with Crippen molar-refractivity contribution in [2.45, 2.75) is 29.9 Å². The number of nitrogens with one attached hydrogen (secondary N) is 1. The number of hydrogen-bond donors (Lipinski definition) is 1. The minimum atomic E-state index is -3.99. The Morgan fingerprint density at radius 3 is 2.48 bits per heavy atom. The molecule has 1 aliphatic heterocycles. The van der Waals surface area contributed by atoms with E-state index in [2.05, 4.69) is 4.72 Å². The molecule has 1 saturated heterocycles. The van der Waals surface area contributed by atoms with E-state index >= 15 is 0 Å². The van der Waals surface area contributed by atoms with Gasteiger partial charge in [0.15, 0.2) is 5.79 Å². The first-order valence-electron chi connectivity index (χ1n) is 10.9. The summed E-state index contributed by atoms with van der Waals surface area (Å²) in [6, 6.07) is 21.3. The zero-order valence-corrected chi connectivity index (χ0v) is 19.3. The van der Waals surface area contributed by atoms with Crippen LogP contribution in [0.15, 0.2) is 77.7 Å². The molecular weight excluding hydrogens is 438 g/mol. The zero-order valence-electron chi connectivity index (χ0n) is 18.5. The normalized spacial score (nSPS) is 18.9. The fourth-order valence-corrected chi connectivity index (χ4v) is 5.93. The van der Waals surface area contributed by atoms with Gasteiger partial charge in [-0.25, -0.2) is 8.42 Å². The molecule has 1 unspecified atom stereocenters. The summed E-state index contributed by atoms with van der Waals surface area (Å²) in [5.41, 5.74) is 0.464. The summed E-state index contributed by atoms with van der Waals surface area (Å²) in [5.74, 6) is -1.57. The second kappa shape index (κ2) is 9.43. The molecule has 0 aromatic heterocycles. The second-order valence-corrected chi connectivity index (χ2v) is 9.89. The molecule has 0 saturated carbocycles. The average Bonchev–Trinajstić information content (AvgIpc) is 3.24. The fraction of sp³-hybridized carbons (Fsp3) is 0.280. The smallest absolute Gasteiger partial charge is 0.256 e. The van der Waals surface area contributed by atoms with Gasteiger partial charge in [0.05, 0.1) is 4.90 Å². The predicted molar refractivity (Wildman–Crippen MR) is 127 cm³/mol. The van der Waals surface area contributed by atoms with Crippen LogP contribution in [0.25, 0.3) is 10.8 Å². The van der Waals surface area contributed by atoms with Crippen LogP contribution in [0.3, 0.4) is 0 Å². The Kier molecular flexibility index (Phi) is 6.60. The quantitative estimate of drug-likeness (QED) is 0.408. The minimum absolute atomic E-state index is 0.128. The van der Waals surface area contributed by atoms with Crippen molar-refractivity contribution in [1.82, 2.24) is 14.5 Å². The lowest BCUT2D eigenvalue weighted by Crippen LogP contribution is -2.67. The number of carbonyl (C=O) groups excluding carboxylic acids is 2. The summed E-state index contributed by atoms with van der Waals surface area (Å²) in [6.07, 6.45) is 2.14. The SMILES string of the molecule is CN(C(=O)c1ccccc1)C1(NS(=O)(=O)c2ccc3ccccc3c2)CCCN1CCC=O. The summed E-state index contributed by atoms with van der Waals surface area (Å²) < 4.78 is 30.0. The van der Waals surface area contributed by atoms with Crippen LogP contribution in [0.4, 0.5) is 0 Å². The maximum Gasteiger partial charge on any atom is 0.256 e. The number of benzene rings is 3. The molecule has 1 heterocycles. The van der Waals surface area contributed by atoms with Gasteiger partial charge in [0.2, 0.25) is 10.0 Å². The van der Waals surface area contributed by atoms with E-state index in [4.69, 9.17) is 0 Å². The van der Waals surface area contributed by atoms with Crippen molar-refractivity contribution in [2.24, 2.45) is 0 Å². The molecule has 4 rings (SSSR count). The molecular formula is C25H27N3O4S. The van der Waals surface area contributed by atoms with Crippen molar-refractivity contribution < 1.29 is 18.0 Å². The number of aldehydes is 1. The van der Waals surface area contributed by atoms with Crippen molar-refractivity contribution in [3.63, 3.8) is 0 Å². The lowest BCUT2D eigenvalue weighted by atomic mass is 10.1. The first-order valence-corrected chi connectivity index (χ1v) is 12.4. The number of sulfonamides is 1. The highest BCUT2D eigenvalue weighted by atomic mass is 32.2. The van der Waals surface area contributed by atoms with E-state index in [0.29, 0.717) is 31.5 Å². The number of fused-ring (bicyclic) bond motifs is 1. The number of hydrogen-bond acceptors (Lipinski definition) is 5. The highest BCUT2D eigenvalue weighted by molar-refractivity contribution is 7.89. The third kappa shape index (κ3) is 4.55. The van der Waals surface area contributed by atoms with Gasteiger partial charge < -0.3 is 9.69 Å². The van der Waals surface area contributed by atoms with E-state index in [1.807, 2.05) is 35.2 Å². The average molecular weight is 466 g/mol. The van der Waals surface area contributed by atoms with Crippen LogP contribution < -0.4 is 4.72 Å². The van der Waals surface area contributed by atoms with Crippen molar-refractivity contribution in [1.29, 1.82) is 0 Å². The molecule has 0 radical (unpaired) electrons. The maximum absolute atomic E-state index is 13.6. The van der Waals surface area contributed by atoms with Gasteiger partial charge in [-0.1, -0.05) is 48.5 Å². The van der Waals surface area contributed by atoms with Crippen molar-refractivity contribution in [2.75, 3.05) is 20.1 Å². The van der Waals surface area contributed by atoms with E-state index < -0.39 is 15.8 Å². The van der Waals surface area contributed by atoms with Crippen molar-refractivity contribution in [3.8, 4) is 0 Å². The molecule has 8 heteroatoms. The van der Waals surface area contributed by atoms with Crippen LogP contribution in [-0.2, 0) is 14.8 Å². The third-order valence-corrected chi connectivity index (χ3v) is 7.67. The zero-order chi connectivity index (χ0) is 23.5. The molecule has 0 bridgehead atoms. The Hall–Kier alpha value is -3.07. The van der Waals surface area contributed by atoms with Crippen LogP contribution in [0.1, 0.15) is 29.6 Å². The first-order chi connectivity index (χ1) is 15.9. The number of nitrogens with zero attached hydrogens (tertiary/aromatic N) is 2. The van der Waals surface area contributed by atoms with Crippen molar-refractivity contribution >= 4 is 33.0 Å². The number of carbonyl (C=O) groups is 2. The van der Waals surface area contributed by atoms with E-state index in [-0.39, 0.29) is 17.2 Å².